The van der Waals surface area contributed by atoms with E-state index in [1.54, 1.807) is 7.11 Å². The van der Waals surface area contributed by atoms with Crippen molar-refractivity contribution < 1.29 is 9.53 Å². The van der Waals surface area contributed by atoms with Crippen LogP contribution in [0.5, 0.6) is 0 Å². The lowest BCUT2D eigenvalue weighted by atomic mass is 10.2. The molecule has 0 saturated carbocycles. The third kappa shape index (κ3) is 5.43. The van der Waals surface area contributed by atoms with Crippen molar-refractivity contribution in [3.63, 3.8) is 0 Å². The highest BCUT2D eigenvalue weighted by Crippen LogP contribution is 2.22. The van der Waals surface area contributed by atoms with Gasteiger partial charge in [-0.25, -0.2) is 0 Å². The maximum absolute atomic E-state index is 12.0. The molecule has 1 N–H and O–H groups in total. The fourth-order valence-corrected chi connectivity index (χ4v) is 4.49. The summed E-state index contributed by atoms with van der Waals surface area (Å²) in [6.45, 7) is 8.42. The number of aromatic nitrogens is 3. The molecule has 0 bridgehead atoms. The van der Waals surface area contributed by atoms with Crippen molar-refractivity contribution in [2.75, 3.05) is 44.8 Å². The maximum atomic E-state index is 12.0. The first-order valence-corrected chi connectivity index (χ1v) is 11.4. The highest BCUT2D eigenvalue weighted by atomic mass is 16.5. The summed E-state index contributed by atoms with van der Waals surface area (Å²) in [7, 11) is 1.60. The molecule has 2 aliphatic heterocycles. The Hall–Kier alpha value is -2.45. The van der Waals surface area contributed by atoms with Crippen molar-refractivity contribution >= 4 is 11.6 Å². The Kier molecular flexibility index (Phi) is 7.19. The summed E-state index contributed by atoms with van der Waals surface area (Å²) in [5.74, 6) is 1.80. The van der Waals surface area contributed by atoms with Gasteiger partial charge >= 0.3 is 0 Å². The molecule has 1 fully saturated rings. The van der Waals surface area contributed by atoms with Crippen LogP contribution in [0.2, 0.25) is 0 Å². The molecule has 31 heavy (non-hydrogen) atoms. The Balaban J connectivity index is 1.33. The lowest BCUT2D eigenvalue weighted by molar-refractivity contribution is -0.122. The predicted octanol–water partition coefficient (Wildman–Crippen LogP) is 2.15. The molecule has 4 rings (SSSR count). The van der Waals surface area contributed by atoms with Crippen LogP contribution in [0.4, 0.5) is 5.69 Å². The molecule has 1 aromatic heterocycles. The summed E-state index contributed by atoms with van der Waals surface area (Å²) in [5, 5.41) is 11.8. The van der Waals surface area contributed by atoms with Gasteiger partial charge in [-0.05, 0) is 37.5 Å². The Morgan fingerprint density at radius 1 is 1.10 bits per heavy atom. The number of rotatable bonds is 8. The number of fused-ring (bicyclic) bond motifs is 1. The molecule has 168 valence electrons. The van der Waals surface area contributed by atoms with E-state index in [0.717, 1.165) is 44.2 Å². The van der Waals surface area contributed by atoms with E-state index < -0.39 is 0 Å². The number of hydrogen-bond acceptors (Lipinski definition) is 6. The summed E-state index contributed by atoms with van der Waals surface area (Å²) in [6, 6.07) is 8.89. The minimum Gasteiger partial charge on any atom is -0.384 e. The highest BCUT2D eigenvalue weighted by Gasteiger charge is 2.23. The van der Waals surface area contributed by atoms with Gasteiger partial charge < -0.3 is 19.5 Å². The Bertz CT molecular complexity index is 859. The molecule has 2 aromatic rings. The Labute approximate surface area is 184 Å². The molecule has 0 unspecified atom stereocenters. The van der Waals surface area contributed by atoms with E-state index in [9.17, 15) is 4.79 Å². The molecular weight excluding hydrogens is 392 g/mol. The molecule has 1 aromatic carbocycles. The van der Waals surface area contributed by atoms with Crippen LogP contribution >= 0.6 is 0 Å². The molecule has 8 nitrogen and oxygen atoms in total. The van der Waals surface area contributed by atoms with Gasteiger partial charge in [0.15, 0.2) is 5.82 Å². The maximum Gasteiger partial charge on any atom is 0.222 e. The summed E-state index contributed by atoms with van der Waals surface area (Å²) < 4.78 is 7.16. The predicted molar refractivity (Wildman–Crippen MR) is 120 cm³/mol. The van der Waals surface area contributed by atoms with Crippen LogP contribution in [0.1, 0.15) is 49.4 Å². The largest absolute Gasteiger partial charge is 0.384 e. The van der Waals surface area contributed by atoms with E-state index in [-0.39, 0.29) is 11.9 Å². The van der Waals surface area contributed by atoms with Crippen molar-refractivity contribution in [1.82, 2.24) is 25.0 Å². The Morgan fingerprint density at radius 2 is 1.87 bits per heavy atom. The number of methoxy groups -OCH3 is 1. The van der Waals surface area contributed by atoms with Gasteiger partial charge in [-0.2, -0.15) is 0 Å². The molecule has 1 saturated heterocycles. The molecule has 3 heterocycles. The van der Waals surface area contributed by atoms with E-state index in [4.69, 9.17) is 4.74 Å². The minimum atomic E-state index is -0.171. The van der Waals surface area contributed by atoms with Crippen LogP contribution in [0, 0.1) is 0 Å². The SMILES string of the molecule is COCCC(=O)N[C@H](C)c1nnc2n1CCN(Cc1ccc(N3CCCC3)cc1)CC2. The lowest BCUT2D eigenvalue weighted by Crippen LogP contribution is -2.30. The molecular formula is C23H34N6O2. The minimum absolute atomic E-state index is 0.0284. The number of carbonyl (C=O) groups excluding carboxylic acids is 1. The standard InChI is InChI=1S/C23H34N6O2/c1-18(24-22(30)10-16-31-2)23-26-25-21-9-13-27(14-15-29(21)23)17-19-5-7-20(8-6-19)28-11-3-4-12-28/h5-8,18H,3-4,9-17H2,1-2H3,(H,24,30)/t18-/m1/s1. The summed E-state index contributed by atoms with van der Waals surface area (Å²) in [6.07, 6.45) is 3.82. The zero-order chi connectivity index (χ0) is 21.6. The summed E-state index contributed by atoms with van der Waals surface area (Å²) in [4.78, 5) is 17.0. The number of nitrogens with zero attached hydrogens (tertiary/aromatic N) is 5. The van der Waals surface area contributed by atoms with Crippen molar-refractivity contribution in [1.29, 1.82) is 0 Å². The van der Waals surface area contributed by atoms with E-state index in [1.165, 1.54) is 37.2 Å². The first-order chi connectivity index (χ1) is 15.1. The van der Waals surface area contributed by atoms with Crippen LogP contribution in [-0.4, -0.2) is 65.5 Å². The molecule has 0 aliphatic carbocycles. The topological polar surface area (TPSA) is 75.5 Å². The van der Waals surface area contributed by atoms with Crippen LogP contribution in [0.3, 0.4) is 0 Å². The van der Waals surface area contributed by atoms with Gasteiger partial charge in [0.1, 0.15) is 5.82 Å². The average molecular weight is 427 g/mol. The van der Waals surface area contributed by atoms with Gasteiger partial charge in [0.25, 0.3) is 0 Å². The third-order valence-corrected chi connectivity index (χ3v) is 6.26. The normalized spacial score (nSPS) is 17.9. The second kappa shape index (κ2) is 10.2. The molecule has 1 amide bonds. The number of ether oxygens (including phenoxy) is 1. The number of carbonyl (C=O) groups is 1. The molecule has 8 heteroatoms. The van der Waals surface area contributed by atoms with Gasteiger partial charge in [0.05, 0.1) is 12.6 Å². The van der Waals surface area contributed by atoms with Crippen molar-refractivity contribution in [3.8, 4) is 0 Å². The monoisotopic (exact) mass is 426 g/mol. The second-order valence-electron chi connectivity index (χ2n) is 8.54. The summed E-state index contributed by atoms with van der Waals surface area (Å²) >= 11 is 0. The van der Waals surface area contributed by atoms with Crippen molar-refractivity contribution in [2.45, 2.75) is 51.7 Å². The molecule has 0 radical (unpaired) electrons. The quantitative estimate of drug-likeness (QED) is 0.697. The zero-order valence-electron chi connectivity index (χ0n) is 18.7. The van der Waals surface area contributed by atoms with E-state index >= 15 is 0 Å². The van der Waals surface area contributed by atoms with Crippen molar-refractivity contribution in [3.05, 3.63) is 41.5 Å². The Morgan fingerprint density at radius 3 is 2.61 bits per heavy atom. The fraction of sp³-hybridized carbons (Fsp3) is 0.609. The van der Waals surface area contributed by atoms with Gasteiger partial charge in [-0.15, -0.1) is 10.2 Å². The first-order valence-electron chi connectivity index (χ1n) is 11.4. The van der Waals surface area contributed by atoms with Gasteiger partial charge in [0, 0.05) is 64.9 Å². The number of amides is 1. The number of hydrogen-bond donors (Lipinski definition) is 1. The molecule has 2 aliphatic rings. The summed E-state index contributed by atoms with van der Waals surface area (Å²) in [5.41, 5.74) is 2.69. The third-order valence-electron chi connectivity index (χ3n) is 6.26. The number of nitrogens with one attached hydrogen (secondary N) is 1. The van der Waals surface area contributed by atoms with Crippen LogP contribution in [0.15, 0.2) is 24.3 Å². The lowest BCUT2D eigenvalue weighted by Gasteiger charge is -2.21. The number of anilines is 1. The second-order valence-corrected chi connectivity index (χ2v) is 8.54. The van der Waals surface area contributed by atoms with Crippen molar-refractivity contribution in [2.24, 2.45) is 0 Å². The van der Waals surface area contributed by atoms with E-state index in [0.29, 0.717) is 13.0 Å². The fourth-order valence-electron chi connectivity index (χ4n) is 4.49. The zero-order valence-corrected chi connectivity index (χ0v) is 18.7. The van der Waals surface area contributed by atoms with Gasteiger partial charge in [-0.3, -0.25) is 9.69 Å². The molecule has 1 atom stereocenters. The van der Waals surface area contributed by atoms with Gasteiger partial charge in [0.2, 0.25) is 5.91 Å². The van der Waals surface area contributed by atoms with Crippen LogP contribution < -0.4 is 10.2 Å². The first kappa shape index (κ1) is 21.8. The van der Waals surface area contributed by atoms with E-state index in [1.807, 2.05) is 6.92 Å². The van der Waals surface area contributed by atoms with Crippen LogP contribution in [0.25, 0.3) is 0 Å². The van der Waals surface area contributed by atoms with E-state index in [2.05, 4.69) is 54.1 Å². The number of benzene rings is 1. The highest BCUT2D eigenvalue weighted by molar-refractivity contribution is 5.76. The average Bonchev–Trinajstić information content (AvgIpc) is 3.41. The van der Waals surface area contributed by atoms with Gasteiger partial charge in [-0.1, -0.05) is 12.1 Å². The smallest absolute Gasteiger partial charge is 0.222 e. The van der Waals surface area contributed by atoms with Crippen LogP contribution in [-0.2, 0) is 29.0 Å². The molecule has 0 spiro atoms.